The number of carbonyl (C=O) groups is 1. The van der Waals surface area contributed by atoms with Crippen LogP contribution in [0.4, 0.5) is 17.6 Å². The van der Waals surface area contributed by atoms with Gasteiger partial charge in [0.2, 0.25) is 0 Å². The van der Waals surface area contributed by atoms with Crippen molar-refractivity contribution in [3.05, 3.63) is 93.6 Å². The van der Waals surface area contributed by atoms with Gasteiger partial charge in [-0.2, -0.15) is 5.26 Å². The number of rotatable bonds is 6. The molecule has 0 aliphatic heterocycles. The first-order chi connectivity index (χ1) is 16.3. The Kier molecular flexibility index (Phi) is 6.51. The van der Waals surface area contributed by atoms with Crippen LogP contribution in [0.1, 0.15) is 53.2 Å². The van der Waals surface area contributed by atoms with Gasteiger partial charge >= 0.3 is 5.97 Å². The van der Waals surface area contributed by atoms with Gasteiger partial charge in [0.15, 0.2) is 0 Å². The summed E-state index contributed by atoms with van der Waals surface area (Å²) in [7, 11) is 0. The maximum absolute atomic E-state index is 15.2. The highest BCUT2D eigenvalue weighted by molar-refractivity contribution is 5.91. The second-order valence-electron chi connectivity index (χ2n) is 8.04. The molecule has 0 amide bonds. The third-order valence-electron chi connectivity index (χ3n) is 5.71. The summed E-state index contributed by atoms with van der Waals surface area (Å²) in [6, 6.07) is 9.55. The predicted molar refractivity (Wildman–Crippen MR) is 119 cm³/mol. The van der Waals surface area contributed by atoms with Crippen LogP contribution in [0.25, 0.3) is 17.2 Å². The molecule has 0 N–H and O–H groups in total. The van der Waals surface area contributed by atoms with E-state index < -0.39 is 40.6 Å². The molecule has 0 heterocycles. The van der Waals surface area contributed by atoms with Gasteiger partial charge in [0.1, 0.15) is 40.7 Å². The topological polar surface area (TPSA) is 50.1 Å². The lowest BCUT2D eigenvalue weighted by Gasteiger charge is -2.11. The fourth-order valence-electron chi connectivity index (χ4n) is 3.97. The molecule has 3 nitrogen and oxygen atoms in total. The summed E-state index contributed by atoms with van der Waals surface area (Å²) in [5, 5.41) is 8.71. The van der Waals surface area contributed by atoms with E-state index in [9.17, 15) is 18.0 Å². The highest BCUT2D eigenvalue weighted by Gasteiger charge is 2.23. The second-order valence-corrected chi connectivity index (χ2v) is 8.04. The van der Waals surface area contributed by atoms with Crippen molar-refractivity contribution in [2.75, 3.05) is 0 Å². The number of unbranched alkanes of at least 4 members (excludes halogenated alkanes) is 1. The van der Waals surface area contributed by atoms with Gasteiger partial charge in [-0.1, -0.05) is 37.1 Å². The molecule has 1 aliphatic carbocycles. The molecule has 0 spiro atoms. The van der Waals surface area contributed by atoms with Crippen LogP contribution in [0, 0.1) is 34.6 Å². The first-order valence-electron chi connectivity index (χ1n) is 10.7. The summed E-state index contributed by atoms with van der Waals surface area (Å²) in [6.45, 7) is 2.07. The lowest BCUT2D eigenvalue weighted by atomic mass is 9.97. The number of hydrogen-bond donors (Lipinski definition) is 0. The van der Waals surface area contributed by atoms with Crippen LogP contribution in [0.2, 0.25) is 0 Å². The lowest BCUT2D eigenvalue weighted by molar-refractivity contribution is 0.0734. The van der Waals surface area contributed by atoms with Gasteiger partial charge in [-0.3, -0.25) is 0 Å². The summed E-state index contributed by atoms with van der Waals surface area (Å²) in [4.78, 5) is 12.4. The van der Waals surface area contributed by atoms with E-state index in [2.05, 4.69) is 6.92 Å². The van der Waals surface area contributed by atoms with Gasteiger partial charge in [-0.25, -0.2) is 22.4 Å². The third kappa shape index (κ3) is 4.44. The van der Waals surface area contributed by atoms with Crippen LogP contribution in [-0.4, -0.2) is 5.97 Å². The average molecular weight is 465 g/mol. The third-order valence-corrected chi connectivity index (χ3v) is 5.71. The zero-order chi connectivity index (χ0) is 24.4. The zero-order valence-corrected chi connectivity index (χ0v) is 18.2. The van der Waals surface area contributed by atoms with Crippen LogP contribution >= 0.6 is 0 Å². The molecule has 0 radical (unpaired) electrons. The fraction of sp³-hybridized carbons (Fsp3) is 0.185. The minimum atomic E-state index is -1.16. The molecule has 0 fully saturated rings. The van der Waals surface area contributed by atoms with Crippen LogP contribution in [0.15, 0.2) is 48.0 Å². The van der Waals surface area contributed by atoms with Gasteiger partial charge in [-0.15, -0.1) is 0 Å². The summed E-state index contributed by atoms with van der Waals surface area (Å²) in [6.07, 6.45) is 5.15. The molecule has 0 saturated heterocycles. The van der Waals surface area contributed by atoms with E-state index in [1.54, 1.807) is 6.08 Å². The second kappa shape index (κ2) is 9.52. The Bertz CT molecular complexity index is 1330. The molecular weight excluding hydrogens is 446 g/mol. The molecule has 3 aromatic rings. The summed E-state index contributed by atoms with van der Waals surface area (Å²) >= 11 is 0. The number of halogens is 4. The molecule has 1 aliphatic rings. The standard InChI is InChI=1S/C27H19F4NO2/c1-2-3-4-15-9-18-11-24(30)25(26(31)20(18)10-15)16-5-7-17(8-6-16)27(33)34-19-12-22(28)21(14-32)23(29)13-19/h5-8,10-13H,2-4,9H2,1H3. The molecule has 0 bridgehead atoms. The molecule has 0 aromatic heterocycles. The maximum Gasteiger partial charge on any atom is 0.343 e. The van der Waals surface area contributed by atoms with E-state index in [0.717, 1.165) is 37.0 Å². The van der Waals surface area contributed by atoms with Crippen molar-refractivity contribution in [1.82, 2.24) is 0 Å². The van der Waals surface area contributed by atoms with Crippen LogP contribution in [-0.2, 0) is 6.42 Å². The van der Waals surface area contributed by atoms with Gasteiger partial charge in [-0.05, 0) is 48.6 Å². The van der Waals surface area contributed by atoms with Crippen LogP contribution in [0.5, 0.6) is 5.75 Å². The average Bonchev–Trinajstić information content (AvgIpc) is 3.21. The molecule has 0 unspecified atom stereocenters. The smallest absolute Gasteiger partial charge is 0.343 e. The minimum Gasteiger partial charge on any atom is -0.423 e. The van der Waals surface area contributed by atoms with Gasteiger partial charge in [0.05, 0.1) is 11.1 Å². The van der Waals surface area contributed by atoms with Crippen molar-refractivity contribution in [3.8, 4) is 22.9 Å². The van der Waals surface area contributed by atoms with E-state index >= 15 is 4.39 Å². The largest absolute Gasteiger partial charge is 0.423 e. The van der Waals surface area contributed by atoms with Crippen molar-refractivity contribution in [1.29, 1.82) is 5.26 Å². The summed E-state index contributed by atoms with van der Waals surface area (Å²) in [5.74, 6) is -5.00. The Labute approximate surface area is 193 Å². The Balaban J connectivity index is 1.57. The highest BCUT2D eigenvalue weighted by Crippen LogP contribution is 2.37. The van der Waals surface area contributed by atoms with Crippen LogP contribution in [0.3, 0.4) is 0 Å². The van der Waals surface area contributed by atoms with Crippen LogP contribution < -0.4 is 4.74 Å². The first-order valence-corrected chi connectivity index (χ1v) is 10.7. The Morgan fingerprint density at radius 1 is 1.03 bits per heavy atom. The van der Waals surface area contributed by atoms with Gasteiger partial charge in [0, 0.05) is 17.7 Å². The van der Waals surface area contributed by atoms with Gasteiger partial charge in [0.25, 0.3) is 0 Å². The molecule has 0 saturated carbocycles. The SMILES string of the molecule is CCCCC1=Cc2c(cc(F)c(-c3ccc(C(=O)Oc4cc(F)c(C#N)c(F)c4)cc3)c2F)C1. The van der Waals surface area contributed by atoms with E-state index in [1.807, 2.05) is 0 Å². The van der Waals surface area contributed by atoms with E-state index in [1.165, 1.54) is 36.4 Å². The number of ether oxygens (including phenoxy) is 1. The lowest BCUT2D eigenvalue weighted by Crippen LogP contribution is -2.09. The van der Waals surface area contributed by atoms with Crippen molar-refractivity contribution in [2.24, 2.45) is 0 Å². The van der Waals surface area contributed by atoms with E-state index in [0.29, 0.717) is 17.5 Å². The molecule has 34 heavy (non-hydrogen) atoms. The number of fused-ring (bicyclic) bond motifs is 1. The normalized spacial score (nSPS) is 12.2. The Morgan fingerprint density at radius 2 is 1.71 bits per heavy atom. The molecule has 0 atom stereocenters. The van der Waals surface area contributed by atoms with E-state index in [4.69, 9.17) is 10.00 Å². The number of carbonyl (C=O) groups excluding carboxylic acids is 1. The molecule has 172 valence electrons. The Hall–Kier alpha value is -3.92. The zero-order valence-electron chi connectivity index (χ0n) is 18.2. The number of nitriles is 1. The van der Waals surface area contributed by atoms with Crippen molar-refractivity contribution >= 4 is 12.0 Å². The summed E-state index contributed by atoms with van der Waals surface area (Å²) < 4.78 is 62.5. The van der Waals surface area contributed by atoms with Crippen molar-refractivity contribution in [2.45, 2.75) is 32.6 Å². The van der Waals surface area contributed by atoms with Gasteiger partial charge < -0.3 is 4.74 Å². The maximum atomic E-state index is 15.2. The number of nitrogens with zero attached hydrogens (tertiary/aromatic N) is 1. The quantitative estimate of drug-likeness (QED) is 0.221. The Morgan fingerprint density at radius 3 is 2.32 bits per heavy atom. The number of hydrogen-bond acceptors (Lipinski definition) is 3. The molecule has 4 rings (SSSR count). The highest BCUT2D eigenvalue weighted by atomic mass is 19.1. The monoisotopic (exact) mass is 465 g/mol. The fourth-order valence-corrected chi connectivity index (χ4v) is 3.97. The minimum absolute atomic E-state index is 0.0117. The molecular formula is C27H19F4NO2. The predicted octanol–water partition coefficient (Wildman–Crippen LogP) is 7.13. The van der Waals surface area contributed by atoms with E-state index in [-0.39, 0.29) is 16.7 Å². The first kappa shape index (κ1) is 23.2. The van der Waals surface area contributed by atoms with Crippen molar-refractivity contribution < 1.29 is 27.1 Å². The number of allylic oxidation sites excluding steroid dienone is 1. The number of benzene rings is 3. The summed E-state index contributed by atoms with van der Waals surface area (Å²) in [5.41, 5.74) is 1.35. The molecule has 3 aromatic carbocycles. The molecule has 7 heteroatoms. The number of esters is 1. The van der Waals surface area contributed by atoms with Crippen molar-refractivity contribution in [3.63, 3.8) is 0 Å².